The molecule has 2 aromatic rings. The van der Waals surface area contributed by atoms with Crippen LogP contribution in [0.2, 0.25) is 0 Å². The maximum atomic E-state index is 12.0. The molecule has 0 saturated carbocycles. The van der Waals surface area contributed by atoms with Crippen LogP contribution < -0.4 is 5.32 Å². The van der Waals surface area contributed by atoms with E-state index in [4.69, 9.17) is 4.74 Å². The molecule has 0 atom stereocenters. The van der Waals surface area contributed by atoms with Crippen molar-refractivity contribution in [2.75, 3.05) is 12.4 Å². The quantitative estimate of drug-likeness (QED) is 0.690. The van der Waals surface area contributed by atoms with Gasteiger partial charge in [0, 0.05) is 24.9 Å². The van der Waals surface area contributed by atoms with E-state index in [0.717, 1.165) is 16.4 Å². The highest BCUT2D eigenvalue weighted by molar-refractivity contribution is 7.15. The van der Waals surface area contributed by atoms with Crippen LogP contribution in [0.5, 0.6) is 0 Å². The molecule has 23 heavy (non-hydrogen) atoms. The molecule has 6 heteroatoms. The molecular weight excluding hydrogens is 310 g/mol. The van der Waals surface area contributed by atoms with Gasteiger partial charge in [-0.3, -0.25) is 0 Å². The first kappa shape index (κ1) is 17.1. The van der Waals surface area contributed by atoms with Gasteiger partial charge in [0.2, 0.25) is 0 Å². The Morgan fingerprint density at radius 2 is 2.22 bits per heavy atom. The summed E-state index contributed by atoms with van der Waals surface area (Å²) >= 11 is 1.34. The lowest BCUT2D eigenvalue weighted by atomic mass is 9.98. The van der Waals surface area contributed by atoms with Crippen molar-refractivity contribution in [3.63, 3.8) is 0 Å². The summed E-state index contributed by atoms with van der Waals surface area (Å²) in [6.45, 7) is 6.68. The average Bonchev–Trinajstić information content (AvgIpc) is 3.07. The number of thiophene rings is 1. The fourth-order valence-electron chi connectivity index (χ4n) is 1.82. The van der Waals surface area contributed by atoms with Crippen LogP contribution in [0.1, 0.15) is 41.1 Å². The van der Waals surface area contributed by atoms with Gasteiger partial charge in [0.05, 0.1) is 24.2 Å². The van der Waals surface area contributed by atoms with Crippen molar-refractivity contribution in [2.24, 2.45) is 12.5 Å². The molecule has 0 spiro atoms. The smallest absolute Gasteiger partial charge is 0.350 e. The van der Waals surface area contributed by atoms with Gasteiger partial charge in [-0.15, -0.1) is 11.3 Å². The largest absolute Gasteiger partial charge is 0.465 e. The minimum Gasteiger partial charge on any atom is -0.465 e. The van der Waals surface area contributed by atoms with Crippen molar-refractivity contribution in [1.29, 1.82) is 0 Å². The number of carbonyl (C=O) groups is 1. The third-order valence-corrected chi connectivity index (χ3v) is 4.05. The number of methoxy groups -OCH3 is 1. The Bertz CT molecular complexity index is 757. The van der Waals surface area contributed by atoms with Crippen molar-refractivity contribution < 1.29 is 9.53 Å². The molecule has 0 aliphatic heterocycles. The molecule has 2 rings (SSSR count). The maximum absolute atomic E-state index is 12.0. The average molecular weight is 331 g/mol. The van der Waals surface area contributed by atoms with Crippen LogP contribution in [0, 0.1) is 17.3 Å². The van der Waals surface area contributed by atoms with Crippen LogP contribution in [0.25, 0.3) is 0 Å². The lowest BCUT2D eigenvalue weighted by Gasteiger charge is -2.06. The Kier molecular flexibility index (Phi) is 5.12. The van der Waals surface area contributed by atoms with E-state index < -0.39 is 0 Å². The monoisotopic (exact) mass is 331 g/mol. The Morgan fingerprint density at radius 3 is 2.78 bits per heavy atom. The van der Waals surface area contributed by atoms with Gasteiger partial charge in [-0.05, 0) is 26.8 Å². The number of rotatable bonds is 4. The molecule has 0 radical (unpaired) electrons. The number of nitrogens with one attached hydrogen (secondary N) is 1. The number of hydrogen-bond acceptors (Lipinski definition) is 5. The first-order valence-corrected chi connectivity index (χ1v) is 8.07. The van der Waals surface area contributed by atoms with Gasteiger partial charge in [0.15, 0.2) is 0 Å². The SMILES string of the molecule is COC(=O)c1sc(C#CC(C)(C)C)cc1NCc1nccn1C. The summed E-state index contributed by atoms with van der Waals surface area (Å²) in [6.07, 6.45) is 3.62. The summed E-state index contributed by atoms with van der Waals surface area (Å²) in [4.78, 5) is 17.6. The molecule has 0 aromatic carbocycles. The van der Waals surface area contributed by atoms with Gasteiger partial charge >= 0.3 is 5.97 Å². The summed E-state index contributed by atoms with van der Waals surface area (Å²) in [6, 6.07) is 1.89. The third kappa shape index (κ3) is 4.60. The second-order valence-corrected chi connectivity index (χ2v) is 7.21. The van der Waals surface area contributed by atoms with Crippen molar-refractivity contribution in [2.45, 2.75) is 27.3 Å². The standard InChI is InChI=1S/C17H21N3O2S/c1-17(2,3)7-6-12-10-13(15(23-12)16(21)22-5)19-11-14-18-8-9-20(14)4/h8-10,19H,11H2,1-5H3. The van der Waals surface area contributed by atoms with Crippen molar-refractivity contribution in [3.05, 3.63) is 34.0 Å². The molecular formula is C17H21N3O2S. The summed E-state index contributed by atoms with van der Waals surface area (Å²) < 4.78 is 6.79. The predicted molar refractivity (Wildman–Crippen MR) is 92.5 cm³/mol. The highest BCUT2D eigenvalue weighted by Gasteiger charge is 2.17. The zero-order valence-corrected chi connectivity index (χ0v) is 14.9. The lowest BCUT2D eigenvalue weighted by Crippen LogP contribution is -2.08. The van der Waals surface area contributed by atoms with Gasteiger partial charge in [-0.2, -0.15) is 0 Å². The molecule has 2 aromatic heterocycles. The van der Waals surface area contributed by atoms with Crippen LogP contribution in [-0.2, 0) is 18.3 Å². The molecule has 122 valence electrons. The maximum Gasteiger partial charge on any atom is 0.350 e. The highest BCUT2D eigenvalue weighted by atomic mass is 32.1. The van der Waals surface area contributed by atoms with E-state index in [9.17, 15) is 4.79 Å². The van der Waals surface area contributed by atoms with Gasteiger partial charge < -0.3 is 14.6 Å². The molecule has 0 amide bonds. The van der Waals surface area contributed by atoms with Crippen molar-refractivity contribution in [1.82, 2.24) is 9.55 Å². The molecule has 0 unspecified atom stereocenters. The summed E-state index contributed by atoms with van der Waals surface area (Å²) in [5.41, 5.74) is 0.638. The van der Waals surface area contributed by atoms with Crippen molar-refractivity contribution >= 4 is 23.0 Å². The molecule has 0 fully saturated rings. The van der Waals surface area contributed by atoms with Crippen LogP contribution in [0.3, 0.4) is 0 Å². The lowest BCUT2D eigenvalue weighted by molar-refractivity contribution is 0.0607. The first-order chi connectivity index (χ1) is 10.8. The van der Waals surface area contributed by atoms with E-state index in [0.29, 0.717) is 11.4 Å². The Hall–Kier alpha value is -2.26. The molecule has 2 heterocycles. The number of anilines is 1. The van der Waals surface area contributed by atoms with Gasteiger partial charge in [-0.25, -0.2) is 9.78 Å². The number of nitrogens with zero attached hydrogens (tertiary/aromatic N) is 2. The fraction of sp³-hybridized carbons (Fsp3) is 0.412. The number of hydrogen-bond donors (Lipinski definition) is 1. The van der Waals surface area contributed by atoms with E-state index >= 15 is 0 Å². The van der Waals surface area contributed by atoms with Gasteiger partial charge in [0.25, 0.3) is 0 Å². The van der Waals surface area contributed by atoms with Crippen LogP contribution in [0.4, 0.5) is 5.69 Å². The van der Waals surface area contributed by atoms with Gasteiger partial charge in [0.1, 0.15) is 10.7 Å². The zero-order chi connectivity index (χ0) is 17.0. The fourth-order valence-corrected chi connectivity index (χ4v) is 2.72. The number of ether oxygens (including phenoxy) is 1. The Morgan fingerprint density at radius 1 is 1.48 bits per heavy atom. The van der Waals surface area contributed by atoms with Gasteiger partial charge in [-0.1, -0.05) is 11.8 Å². The molecule has 1 N–H and O–H groups in total. The number of esters is 1. The summed E-state index contributed by atoms with van der Waals surface area (Å²) in [5, 5.41) is 3.25. The normalized spacial score (nSPS) is 10.8. The summed E-state index contributed by atoms with van der Waals surface area (Å²) in [5.74, 6) is 6.83. The molecule has 0 saturated heterocycles. The molecule has 5 nitrogen and oxygen atoms in total. The second kappa shape index (κ2) is 6.88. The molecule has 0 bridgehead atoms. The predicted octanol–water partition coefficient (Wildman–Crippen LogP) is 3.28. The van der Waals surface area contributed by atoms with E-state index in [1.807, 2.05) is 23.9 Å². The van der Waals surface area contributed by atoms with E-state index in [2.05, 4.69) is 42.9 Å². The first-order valence-electron chi connectivity index (χ1n) is 7.25. The van der Waals surface area contributed by atoms with Crippen LogP contribution in [0.15, 0.2) is 18.5 Å². The Balaban J connectivity index is 2.25. The van der Waals surface area contributed by atoms with E-state index in [1.165, 1.54) is 18.4 Å². The molecule has 0 aliphatic carbocycles. The minimum atomic E-state index is -0.360. The summed E-state index contributed by atoms with van der Waals surface area (Å²) in [7, 11) is 3.31. The highest BCUT2D eigenvalue weighted by Crippen LogP contribution is 2.28. The number of aryl methyl sites for hydroxylation is 1. The van der Waals surface area contributed by atoms with Crippen LogP contribution >= 0.6 is 11.3 Å². The molecule has 0 aliphatic rings. The number of imidazole rings is 1. The number of aromatic nitrogens is 2. The van der Waals surface area contributed by atoms with E-state index in [1.54, 1.807) is 6.20 Å². The topological polar surface area (TPSA) is 56.1 Å². The zero-order valence-electron chi connectivity index (χ0n) is 14.1. The minimum absolute atomic E-state index is 0.0873. The van der Waals surface area contributed by atoms with Crippen molar-refractivity contribution in [3.8, 4) is 11.8 Å². The second-order valence-electron chi connectivity index (χ2n) is 6.15. The van der Waals surface area contributed by atoms with Crippen LogP contribution in [-0.4, -0.2) is 22.6 Å². The van der Waals surface area contributed by atoms with E-state index in [-0.39, 0.29) is 11.4 Å². The number of carbonyl (C=O) groups excluding carboxylic acids is 1. The third-order valence-electron chi connectivity index (χ3n) is 3.02. The Labute approximate surface area is 140 Å².